The molecule has 2 aromatic rings. The highest BCUT2D eigenvalue weighted by Crippen LogP contribution is 2.34. The number of rotatable bonds is 3. The fourth-order valence-corrected chi connectivity index (χ4v) is 2.46. The van der Waals surface area contributed by atoms with Crippen molar-refractivity contribution in [1.82, 2.24) is 0 Å². The lowest BCUT2D eigenvalue weighted by Gasteiger charge is -2.23. The molecule has 0 radical (unpaired) electrons. The van der Waals surface area contributed by atoms with Crippen molar-refractivity contribution < 1.29 is 9.90 Å². The van der Waals surface area contributed by atoms with Crippen molar-refractivity contribution in [3.63, 3.8) is 0 Å². The number of anilines is 1. The highest BCUT2D eigenvalue weighted by molar-refractivity contribution is 5.88. The van der Waals surface area contributed by atoms with E-state index in [1.54, 1.807) is 24.3 Å². The molecular formula is C16H15N3O2. The van der Waals surface area contributed by atoms with Crippen molar-refractivity contribution in [3.8, 4) is 0 Å². The predicted octanol–water partition coefficient (Wildman–Crippen LogP) is 2.61. The van der Waals surface area contributed by atoms with E-state index in [2.05, 4.69) is 5.10 Å². The Morgan fingerprint density at radius 1 is 1.14 bits per heavy atom. The van der Waals surface area contributed by atoms with Gasteiger partial charge in [-0.05, 0) is 29.8 Å². The molecule has 0 bridgehead atoms. The minimum absolute atomic E-state index is 0.0434. The molecular weight excluding hydrogens is 266 g/mol. The summed E-state index contributed by atoms with van der Waals surface area (Å²) in [5.41, 5.74) is 8.10. The van der Waals surface area contributed by atoms with E-state index in [-0.39, 0.29) is 11.6 Å². The average Bonchev–Trinajstić information content (AvgIpc) is 2.90. The molecule has 1 heterocycles. The lowest BCUT2D eigenvalue weighted by atomic mass is 10.0. The van der Waals surface area contributed by atoms with Gasteiger partial charge in [0.25, 0.3) is 0 Å². The SMILES string of the molecule is NC1=NN(c2ccc(C(=O)O)cc2)C(c2ccccc2)C1. The Balaban J connectivity index is 1.93. The fourth-order valence-electron chi connectivity index (χ4n) is 2.46. The van der Waals surface area contributed by atoms with Crippen molar-refractivity contribution in [2.75, 3.05) is 5.01 Å². The number of hydrogen-bond donors (Lipinski definition) is 2. The summed E-state index contributed by atoms with van der Waals surface area (Å²) in [5.74, 6) is -0.364. The number of aromatic carboxylic acids is 1. The Morgan fingerprint density at radius 3 is 2.43 bits per heavy atom. The Labute approximate surface area is 122 Å². The first-order valence-corrected chi connectivity index (χ1v) is 6.65. The minimum atomic E-state index is -0.939. The van der Waals surface area contributed by atoms with Crippen LogP contribution in [0.1, 0.15) is 28.4 Å². The summed E-state index contributed by atoms with van der Waals surface area (Å²) in [6.07, 6.45) is 0.657. The van der Waals surface area contributed by atoms with Crippen molar-refractivity contribution in [2.45, 2.75) is 12.5 Å². The van der Waals surface area contributed by atoms with Gasteiger partial charge in [-0.2, -0.15) is 5.10 Å². The van der Waals surface area contributed by atoms with Crippen LogP contribution < -0.4 is 10.7 Å². The van der Waals surface area contributed by atoms with E-state index >= 15 is 0 Å². The molecule has 3 N–H and O–H groups in total. The molecule has 1 unspecified atom stereocenters. The van der Waals surface area contributed by atoms with E-state index in [0.29, 0.717) is 12.3 Å². The van der Waals surface area contributed by atoms with Gasteiger partial charge in [-0.25, -0.2) is 4.79 Å². The van der Waals surface area contributed by atoms with Crippen LogP contribution >= 0.6 is 0 Å². The normalized spacial score (nSPS) is 17.6. The van der Waals surface area contributed by atoms with Crippen LogP contribution in [0.3, 0.4) is 0 Å². The zero-order valence-electron chi connectivity index (χ0n) is 11.3. The molecule has 5 nitrogen and oxygen atoms in total. The van der Waals surface area contributed by atoms with Gasteiger partial charge in [-0.15, -0.1) is 0 Å². The topological polar surface area (TPSA) is 78.9 Å². The predicted molar refractivity (Wildman–Crippen MR) is 81.3 cm³/mol. The van der Waals surface area contributed by atoms with Gasteiger partial charge >= 0.3 is 5.97 Å². The van der Waals surface area contributed by atoms with Crippen LogP contribution in [0.2, 0.25) is 0 Å². The number of nitrogens with zero attached hydrogens (tertiary/aromatic N) is 2. The van der Waals surface area contributed by atoms with Crippen LogP contribution in [0.25, 0.3) is 0 Å². The fraction of sp³-hybridized carbons (Fsp3) is 0.125. The van der Waals surface area contributed by atoms with E-state index in [1.165, 1.54) is 0 Å². The summed E-state index contributed by atoms with van der Waals surface area (Å²) in [7, 11) is 0. The third-order valence-electron chi connectivity index (χ3n) is 3.50. The maximum atomic E-state index is 10.9. The molecule has 1 aliphatic rings. The van der Waals surface area contributed by atoms with E-state index < -0.39 is 5.97 Å². The van der Waals surface area contributed by atoms with Gasteiger partial charge in [0, 0.05) is 6.42 Å². The van der Waals surface area contributed by atoms with Crippen LogP contribution in [-0.4, -0.2) is 16.9 Å². The second-order valence-electron chi connectivity index (χ2n) is 4.92. The summed E-state index contributed by atoms with van der Waals surface area (Å²) in [5, 5.41) is 15.2. The highest BCUT2D eigenvalue weighted by Gasteiger charge is 2.27. The summed E-state index contributed by atoms with van der Waals surface area (Å²) in [6.45, 7) is 0. The second kappa shape index (κ2) is 5.28. The number of carboxylic acid groups (broad SMARTS) is 1. The molecule has 0 amide bonds. The smallest absolute Gasteiger partial charge is 0.335 e. The lowest BCUT2D eigenvalue weighted by Crippen LogP contribution is -2.18. The van der Waals surface area contributed by atoms with E-state index in [9.17, 15) is 4.79 Å². The molecule has 0 spiro atoms. The van der Waals surface area contributed by atoms with Crippen LogP contribution in [0.4, 0.5) is 5.69 Å². The summed E-state index contributed by atoms with van der Waals surface area (Å²) in [6, 6.07) is 16.7. The van der Waals surface area contributed by atoms with Crippen LogP contribution in [0.5, 0.6) is 0 Å². The number of amidine groups is 1. The van der Waals surface area contributed by atoms with Gasteiger partial charge in [0.15, 0.2) is 0 Å². The third kappa shape index (κ3) is 2.58. The third-order valence-corrected chi connectivity index (χ3v) is 3.50. The average molecular weight is 281 g/mol. The van der Waals surface area contributed by atoms with Gasteiger partial charge in [0.2, 0.25) is 0 Å². The van der Waals surface area contributed by atoms with Crippen LogP contribution in [0.15, 0.2) is 59.7 Å². The maximum Gasteiger partial charge on any atom is 0.335 e. The first-order valence-electron chi connectivity index (χ1n) is 6.65. The summed E-state index contributed by atoms with van der Waals surface area (Å²) in [4.78, 5) is 10.9. The molecule has 0 fully saturated rings. The molecule has 3 rings (SSSR count). The van der Waals surface area contributed by atoms with Crippen molar-refractivity contribution in [3.05, 3.63) is 65.7 Å². The van der Waals surface area contributed by atoms with Crippen molar-refractivity contribution in [2.24, 2.45) is 10.8 Å². The quantitative estimate of drug-likeness (QED) is 0.906. The van der Waals surface area contributed by atoms with Gasteiger partial charge in [0.1, 0.15) is 5.84 Å². The molecule has 0 saturated carbocycles. The van der Waals surface area contributed by atoms with Crippen molar-refractivity contribution >= 4 is 17.5 Å². The second-order valence-corrected chi connectivity index (χ2v) is 4.92. The Hall–Kier alpha value is -2.82. The van der Waals surface area contributed by atoms with E-state index in [4.69, 9.17) is 10.8 Å². The number of carbonyl (C=O) groups is 1. The number of hydrazone groups is 1. The maximum absolute atomic E-state index is 10.9. The number of nitrogens with two attached hydrogens (primary N) is 1. The van der Waals surface area contributed by atoms with E-state index in [1.807, 2.05) is 35.3 Å². The molecule has 2 aromatic carbocycles. The van der Waals surface area contributed by atoms with Gasteiger partial charge in [0.05, 0.1) is 17.3 Å². The summed E-state index contributed by atoms with van der Waals surface area (Å²) < 4.78 is 0. The molecule has 0 aliphatic carbocycles. The van der Waals surface area contributed by atoms with Gasteiger partial charge < -0.3 is 10.8 Å². The zero-order chi connectivity index (χ0) is 14.8. The number of hydrogen-bond acceptors (Lipinski definition) is 4. The largest absolute Gasteiger partial charge is 0.478 e. The number of carboxylic acids is 1. The molecule has 106 valence electrons. The van der Waals surface area contributed by atoms with E-state index in [0.717, 1.165) is 11.3 Å². The van der Waals surface area contributed by atoms with Crippen molar-refractivity contribution in [1.29, 1.82) is 0 Å². The Bertz CT molecular complexity index is 680. The molecule has 0 aromatic heterocycles. The van der Waals surface area contributed by atoms with Gasteiger partial charge in [-0.3, -0.25) is 5.01 Å². The standard InChI is InChI=1S/C16H15N3O2/c17-15-10-14(11-4-2-1-3-5-11)19(18-15)13-8-6-12(7-9-13)16(20)21/h1-9,14H,10H2,(H2,17,18)(H,20,21). The van der Waals surface area contributed by atoms with Crippen LogP contribution in [0, 0.1) is 0 Å². The molecule has 1 aliphatic heterocycles. The molecule has 1 atom stereocenters. The zero-order valence-corrected chi connectivity index (χ0v) is 11.3. The molecule has 21 heavy (non-hydrogen) atoms. The minimum Gasteiger partial charge on any atom is -0.478 e. The first kappa shape index (κ1) is 13.2. The first-order chi connectivity index (χ1) is 10.1. The molecule has 0 saturated heterocycles. The Morgan fingerprint density at radius 2 is 1.81 bits per heavy atom. The Kier molecular flexibility index (Phi) is 3.31. The molecule has 5 heteroatoms. The van der Waals surface area contributed by atoms with Crippen LogP contribution in [-0.2, 0) is 0 Å². The number of benzene rings is 2. The van der Waals surface area contributed by atoms with Gasteiger partial charge in [-0.1, -0.05) is 30.3 Å². The summed E-state index contributed by atoms with van der Waals surface area (Å²) >= 11 is 0. The lowest BCUT2D eigenvalue weighted by molar-refractivity contribution is 0.0697. The monoisotopic (exact) mass is 281 g/mol. The highest BCUT2D eigenvalue weighted by atomic mass is 16.4.